The quantitative estimate of drug-likeness (QED) is 0.660. The molecule has 0 aromatic carbocycles. The van der Waals surface area contributed by atoms with E-state index in [4.69, 9.17) is 17.4 Å². The van der Waals surface area contributed by atoms with Gasteiger partial charge in [-0.3, -0.25) is 4.79 Å². The standard InChI is InChI=1S/C9H18O2/c1-3-5-7-8(6-4-2)9(10)11/h8H,3-7H2,1-2H3,(H,10,11)/i2D3,3D2,4D2,5D2. The van der Waals surface area contributed by atoms with Crippen molar-refractivity contribution < 1.29 is 22.2 Å². The van der Waals surface area contributed by atoms with Crippen LogP contribution in [0.5, 0.6) is 0 Å². The summed E-state index contributed by atoms with van der Waals surface area (Å²) in [5.74, 6) is -3.18. The molecule has 0 spiro atoms. The molecule has 2 heteroatoms. The third kappa shape index (κ3) is 4.82. The minimum absolute atomic E-state index is 0.804. The maximum atomic E-state index is 11.1. The third-order valence-corrected chi connectivity index (χ3v) is 1.22. The number of carbonyl (C=O) groups is 1. The van der Waals surface area contributed by atoms with Crippen LogP contribution in [0, 0.1) is 5.92 Å². The van der Waals surface area contributed by atoms with Crippen LogP contribution in [0.25, 0.3) is 0 Å². The van der Waals surface area contributed by atoms with Crippen LogP contribution in [0.1, 0.15) is 58.1 Å². The van der Waals surface area contributed by atoms with Crippen LogP contribution in [-0.4, -0.2) is 11.1 Å². The van der Waals surface area contributed by atoms with Crippen LogP contribution >= 0.6 is 0 Å². The fraction of sp³-hybridized carbons (Fsp3) is 0.889. The number of carboxylic acids is 1. The van der Waals surface area contributed by atoms with E-state index in [1.54, 1.807) is 0 Å². The van der Waals surface area contributed by atoms with Crippen LogP contribution in [0.15, 0.2) is 0 Å². The van der Waals surface area contributed by atoms with Crippen LogP contribution in [0.4, 0.5) is 0 Å². The summed E-state index contributed by atoms with van der Waals surface area (Å²) < 4.78 is 65.5. The van der Waals surface area contributed by atoms with E-state index in [-0.39, 0.29) is 0 Å². The maximum absolute atomic E-state index is 11.1. The Bertz CT molecular complexity index is 327. The van der Waals surface area contributed by atoms with Crippen LogP contribution < -0.4 is 0 Å². The van der Waals surface area contributed by atoms with Gasteiger partial charge in [-0.2, -0.15) is 0 Å². The van der Waals surface area contributed by atoms with Gasteiger partial charge in [0, 0.05) is 12.3 Å². The molecule has 0 aromatic rings. The molecular formula is C9H18O2. The molecule has 66 valence electrons. The molecule has 0 aliphatic carbocycles. The van der Waals surface area contributed by atoms with E-state index in [2.05, 4.69) is 0 Å². The van der Waals surface area contributed by atoms with Gasteiger partial charge in [-0.15, -0.1) is 0 Å². The fourth-order valence-corrected chi connectivity index (χ4v) is 0.595. The summed E-state index contributed by atoms with van der Waals surface area (Å²) >= 11 is 0. The molecule has 11 heavy (non-hydrogen) atoms. The van der Waals surface area contributed by atoms with Crippen molar-refractivity contribution in [2.24, 2.45) is 5.92 Å². The van der Waals surface area contributed by atoms with E-state index < -0.39 is 50.7 Å². The average Bonchev–Trinajstić information content (AvgIpc) is 2.11. The Kier molecular flexibility index (Phi) is 1.55. The van der Waals surface area contributed by atoms with Crippen LogP contribution in [0.3, 0.4) is 0 Å². The van der Waals surface area contributed by atoms with Gasteiger partial charge in [-0.1, -0.05) is 32.9 Å². The largest absolute Gasteiger partial charge is 0.481 e. The van der Waals surface area contributed by atoms with Gasteiger partial charge in [-0.25, -0.2) is 0 Å². The highest BCUT2D eigenvalue weighted by Crippen LogP contribution is 2.14. The number of aliphatic carboxylic acids is 1. The zero-order valence-corrected chi connectivity index (χ0v) is 6.35. The number of carboxylic acid groups (broad SMARTS) is 1. The smallest absolute Gasteiger partial charge is 0.306 e. The summed E-state index contributed by atoms with van der Waals surface area (Å²) in [6.07, 6.45) is -9.34. The van der Waals surface area contributed by atoms with Gasteiger partial charge < -0.3 is 5.11 Å². The van der Waals surface area contributed by atoms with E-state index in [0.717, 1.165) is 6.92 Å². The topological polar surface area (TPSA) is 37.3 Å². The number of hydrogen-bond acceptors (Lipinski definition) is 1. The molecule has 0 aliphatic rings. The molecule has 0 radical (unpaired) electrons. The highest BCUT2D eigenvalue weighted by atomic mass is 16.4. The van der Waals surface area contributed by atoms with Crippen molar-refractivity contribution in [1.29, 1.82) is 0 Å². The minimum Gasteiger partial charge on any atom is -0.481 e. The summed E-state index contributed by atoms with van der Waals surface area (Å²) in [7, 11) is 0. The molecule has 1 unspecified atom stereocenters. The first kappa shape index (κ1) is 2.75. The van der Waals surface area contributed by atoms with Crippen LogP contribution in [-0.2, 0) is 4.79 Å². The van der Waals surface area contributed by atoms with E-state index in [1.807, 2.05) is 0 Å². The van der Waals surface area contributed by atoms with Gasteiger partial charge in [0.2, 0.25) is 0 Å². The fourth-order valence-electron chi connectivity index (χ4n) is 0.595. The van der Waals surface area contributed by atoms with Crippen molar-refractivity contribution in [2.45, 2.75) is 45.7 Å². The van der Waals surface area contributed by atoms with Crippen LogP contribution in [0.2, 0.25) is 0 Å². The first-order chi connectivity index (χ1) is 8.51. The Labute approximate surface area is 81.3 Å². The predicted molar refractivity (Wildman–Crippen MR) is 45.6 cm³/mol. The lowest BCUT2D eigenvalue weighted by Gasteiger charge is -2.08. The van der Waals surface area contributed by atoms with Gasteiger partial charge in [0.25, 0.3) is 0 Å². The molecule has 0 aromatic heterocycles. The van der Waals surface area contributed by atoms with Gasteiger partial charge >= 0.3 is 5.97 Å². The summed E-state index contributed by atoms with van der Waals surface area (Å²) in [5, 5.41) is 8.99. The highest BCUT2D eigenvalue weighted by Gasteiger charge is 2.14. The molecule has 0 bridgehead atoms. The molecule has 0 saturated heterocycles. The maximum Gasteiger partial charge on any atom is 0.306 e. The molecule has 1 atom stereocenters. The van der Waals surface area contributed by atoms with Gasteiger partial charge in [0.05, 0.1) is 5.92 Å². The van der Waals surface area contributed by atoms with Crippen molar-refractivity contribution >= 4 is 5.97 Å². The number of rotatable bonds is 6. The summed E-state index contributed by atoms with van der Waals surface area (Å²) in [6.45, 7) is -2.08. The Balaban J connectivity index is 5.18. The van der Waals surface area contributed by atoms with E-state index >= 15 is 0 Å². The van der Waals surface area contributed by atoms with E-state index in [0.29, 0.717) is 0 Å². The Morgan fingerprint density at radius 2 is 2.36 bits per heavy atom. The lowest BCUT2D eigenvalue weighted by molar-refractivity contribution is -0.142. The second kappa shape index (κ2) is 6.20. The molecule has 0 fully saturated rings. The van der Waals surface area contributed by atoms with Crippen molar-refractivity contribution in [3.05, 3.63) is 0 Å². The molecule has 2 nitrogen and oxygen atoms in total. The third-order valence-electron chi connectivity index (χ3n) is 1.22. The molecule has 0 aliphatic heterocycles. The molecule has 0 saturated carbocycles. The first-order valence-corrected chi connectivity index (χ1v) is 3.24. The summed E-state index contributed by atoms with van der Waals surface area (Å²) in [5.41, 5.74) is 0. The highest BCUT2D eigenvalue weighted by molar-refractivity contribution is 5.69. The van der Waals surface area contributed by atoms with Crippen molar-refractivity contribution in [2.75, 3.05) is 0 Å². The second-order valence-electron chi connectivity index (χ2n) is 2.05. The summed E-state index contributed by atoms with van der Waals surface area (Å²) in [6, 6.07) is 0. The Hall–Kier alpha value is -0.530. The lowest BCUT2D eigenvalue weighted by Crippen LogP contribution is -2.12. The van der Waals surface area contributed by atoms with Gasteiger partial charge in [0.15, 0.2) is 0 Å². The van der Waals surface area contributed by atoms with Gasteiger partial charge in [-0.05, 0) is 12.8 Å². The zero-order valence-electron chi connectivity index (χ0n) is 15.3. The molecule has 1 N–H and O–H groups in total. The second-order valence-corrected chi connectivity index (χ2v) is 2.05. The molecule has 0 rings (SSSR count). The van der Waals surface area contributed by atoms with E-state index in [9.17, 15) is 4.79 Å². The number of hydrogen-bond donors (Lipinski definition) is 1. The average molecular weight is 167 g/mol. The van der Waals surface area contributed by atoms with Gasteiger partial charge in [0.1, 0.15) is 0 Å². The van der Waals surface area contributed by atoms with E-state index in [1.165, 1.54) is 0 Å². The van der Waals surface area contributed by atoms with Crippen molar-refractivity contribution in [3.8, 4) is 0 Å². The lowest BCUT2D eigenvalue weighted by atomic mass is 9.97. The molecule has 0 heterocycles. The predicted octanol–water partition coefficient (Wildman–Crippen LogP) is 2.68. The van der Waals surface area contributed by atoms with Crippen molar-refractivity contribution in [1.82, 2.24) is 0 Å². The first-order valence-electron chi connectivity index (χ1n) is 7.74. The minimum atomic E-state index is -3.03. The zero-order chi connectivity index (χ0) is 16.6. The Morgan fingerprint density at radius 1 is 1.64 bits per heavy atom. The monoisotopic (exact) mass is 167 g/mol. The molecular weight excluding hydrogens is 140 g/mol. The summed E-state index contributed by atoms with van der Waals surface area (Å²) in [4.78, 5) is 11.1. The SMILES string of the molecule is [2H]C([2H])([2H])C([2H])([2H])CC(CC([2H])([2H])C([2H])([2H])C)C(=O)O. The normalized spacial score (nSPS) is 30.1. The van der Waals surface area contributed by atoms with Crippen molar-refractivity contribution in [3.63, 3.8) is 0 Å². The Morgan fingerprint density at radius 3 is 2.82 bits per heavy atom. The molecule has 0 amide bonds.